The summed E-state index contributed by atoms with van der Waals surface area (Å²) in [5.74, 6) is -1.58. The Morgan fingerprint density at radius 1 is 0.939 bits per heavy atom. The van der Waals surface area contributed by atoms with Crippen LogP contribution in [-0.2, 0) is 4.79 Å². The van der Waals surface area contributed by atoms with Crippen molar-refractivity contribution in [2.75, 3.05) is 0 Å². The van der Waals surface area contributed by atoms with E-state index in [2.05, 4.69) is 26.0 Å². The average molecular weight is 443 g/mol. The quantitative estimate of drug-likeness (QED) is 0.314. The van der Waals surface area contributed by atoms with Crippen molar-refractivity contribution in [1.29, 1.82) is 0 Å². The number of hydrogen-bond acceptors (Lipinski definition) is 5. The molecule has 0 aliphatic carbocycles. The predicted molar refractivity (Wildman–Crippen MR) is 121 cm³/mol. The maximum atomic E-state index is 13.1. The zero-order chi connectivity index (χ0) is 23.2. The van der Waals surface area contributed by atoms with Crippen LogP contribution in [0.25, 0.3) is 10.8 Å². The van der Waals surface area contributed by atoms with Crippen molar-refractivity contribution >= 4 is 28.8 Å². The van der Waals surface area contributed by atoms with Crippen molar-refractivity contribution in [3.8, 4) is 0 Å². The number of H-pyrrole nitrogens is 1. The maximum absolute atomic E-state index is 13.1. The third-order valence-corrected chi connectivity index (χ3v) is 4.83. The Balaban J connectivity index is 1.66. The molecule has 0 aliphatic rings. The molecule has 8 nitrogen and oxygen atoms in total. The number of aromatic amines is 1. The van der Waals surface area contributed by atoms with Crippen molar-refractivity contribution < 1.29 is 14.0 Å². The van der Waals surface area contributed by atoms with Crippen LogP contribution in [0.2, 0.25) is 0 Å². The zero-order valence-corrected chi connectivity index (χ0v) is 17.2. The van der Waals surface area contributed by atoms with E-state index in [0.29, 0.717) is 21.9 Å². The molecule has 1 heterocycles. The van der Waals surface area contributed by atoms with Crippen LogP contribution in [0.3, 0.4) is 0 Å². The molecule has 3 aromatic carbocycles. The number of carbonyl (C=O) groups is 2. The zero-order valence-electron chi connectivity index (χ0n) is 17.2. The van der Waals surface area contributed by atoms with Gasteiger partial charge in [-0.25, -0.2) is 14.9 Å². The Labute approximate surface area is 187 Å². The summed E-state index contributed by atoms with van der Waals surface area (Å²) in [6, 6.07) is 19.3. The number of hydrazone groups is 1. The van der Waals surface area contributed by atoms with E-state index in [-0.39, 0.29) is 5.69 Å². The summed E-state index contributed by atoms with van der Waals surface area (Å²) in [5.41, 5.74) is 3.02. The molecule has 1 atom stereocenters. The molecule has 0 aliphatic heterocycles. The maximum Gasteiger partial charge on any atom is 0.272 e. The molecule has 2 amide bonds. The number of rotatable bonds is 6. The second-order valence-corrected chi connectivity index (χ2v) is 7.04. The summed E-state index contributed by atoms with van der Waals surface area (Å²) in [6.45, 7) is 0. The van der Waals surface area contributed by atoms with Gasteiger partial charge in [-0.05, 0) is 35.9 Å². The van der Waals surface area contributed by atoms with Gasteiger partial charge in [0.15, 0.2) is 6.04 Å². The van der Waals surface area contributed by atoms with E-state index in [4.69, 9.17) is 0 Å². The van der Waals surface area contributed by atoms with E-state index in [1.165, 1.54) is 30.5 Å². The number of halogens is 1. The first-order valence-electron chi connectivity index (χ1n) is 9.94. The number of nitrogens with one attached hydrogen (secondary N) is 3. The van der Waals surface area contributed by atoms with Gasteiger partial charge in [0.1, 0.15) is 11.5 Å². The molecule has 0 bridgehead atoms. The molecule has 4 rings (SSSR count). The number of carbonyl (C=O) groups excluding carboxylic acids is 2. The van der Waals surface area contributed by atoms with Gasteiger partial charge in [0, 0.05) is 10.9 Å². The molecule has 0 fully saturated rings. The smallest absolute Gasteiger partial charge is 0.272 e. The predicted octanol–water partition coefficient (Wildman–Crippen LogP) is 2.68. The lowest BCUT2D eigenvalue weighted by Gasteiger charge is -2.18. The molecular formula is C24H18FN5O3. The first-order chi connectivity index (χ1) is 16.0. The summed E-state index contributed by atoms with van der Waals surface area (Å²) in [4.78, 5) is 38.0. The normalized spacial score (nSPS) is 11.9. The Morgan fingerprint density at radius 2 is 1.61 bits per heavy atom. The van der Waals surface area contributed by atoms with Crippen LogP contribution in [0, 0.1) is 5.82 Å². The lowest BCUT2D eigenvalue weighted by atomic mass is 10.0. The van der Waals surface area contributed by atoms with Crippen LogP contribution in [0.15, 0.2) is 88.8 Å². The number of fused-ring (bicyclic) bond motifs is 1. The molecule has 4 aromatic rings. The molecule has 164 valence electrons. The summed E-state index contributed by atoms with van der Waals surface area (Å²) < 4.78 is 13.1. The molecule has 0 radical (unpaired) electrons. The molecule has 9 heteroatoms. The van der Waals surface area contributed by atoms with Crippen LogP contribution < -0.4 is 16.3 Å². The first kappa shape index (κ1) is 21.6. The van der Waals surface area contributed by atoms with Crippen LogP contribution in [0.5, 0.6) is 0 Å². The molecule has 0 spiro atoms. The van der Waals surface area contributed by atoms with Crippen LogP contribution in [0.4, 0.5) is 4.39 Å². The molecule has 0 saturated carbocycles. The number of hydrogen-bond donors (Lipinski definition) is 3. The Morgan fingerprint density at radius 3 is 2.33 bits per heavy atom. The monoisotopic (exact) mass is 443 g/mol. The van der Waals surface area contributed by atoms with Crippen molar-refractivity contribution in [3.63, 3.8) is 0 Å². The van der Waals surface area contributed by atoms with Gasteiger partial charge < -0.3 is 5.32 Å². The van der Waals surface area contributed by atoms with Crippen LogP contribution in [-0.4, -0.2) is 28.2 Å². The molecular weight excluding hydrogens is 425 g/mol. The number of aromatic nitrogens is 2. The highest BCUT2D eigenvalue weighted by molar-refractivity contribution is 5.99. The minimum Gasteiger partial charge on any atom is -0.335 e. The van der Waals surface area contributed by atoms with Gasteiger partial charge in [0.2, 0.25) is 0 Å². The summed E-state index contributed by atoms with van der Waals surface area (Å²) in [6.07, 6.45) is 1.34. The van der Waals surface area contributed by atoms with Crippen LogP contribution >= 0.6 is 0 Å². The van der Waals surface area contributed by atoms with Gasteiger partial charge in [0.05, 0.1) is 11.6 Å². The van der Waals surface area contributed by atoms with E-state index in [9.17, 15) is 18.8 Å². The number of amides is 2. The number of nitrogens with zero attached hydrogens (tertiary/aromatic N) is 2. The van der Waals surface area contributed by atoms with Gasteiger partial charge in [0.25, 0.3) is 17.4 Å². The highest BCUT2D eigenvalue weighted by Crippen LogP contribution is 2.20. The first-order valence-corrected chi connectivity index (χ1v) is 9.94. The molecule has 0 unspecified atom stereocenters. The van der Waals surface area contributed by atoms with Crippen molar-refractivity contribution in [2.24, 2.45) is 5.10 Å². The second-order valence-electron chi connectivity index (χ2n) is 7.04. The van der Waals surface area contributed by atoms with Crippen LogP contribution in [0.1, 0.15) is 27.7 Å². The van der Waals surface area contributed by atoms with Gasteiger partial charge in [-0.3, -0.25) is 14.4 Å². The standard InChI is InChI=1S/C24H18FN5O3/c25-17-12-10-15(11-13-17)14-26-29-24(33)21(27-22(31)16-6-2-1-3-7-16)20-18-8-4-5-9-19(18)23(32)30-28-20/h1-14,21H,(H,27,31)(H,29,33)(H,30,32)/t21-/m1/s1. The Kier molecular flexibility index (Phi) is 6.31. The van der Waals surface area contributed by atoms with Crippen molar-refractivity contribution in [1.82, 2.24) is 20.9 Å². The Bertz CT molecular complexity index is 1380. The fraction of sp³-hybridized carbons (Fsp3) is 0.0417. The van der Waals surface area contributed by atoms with E-state index < -0.39 is 29.2 Å². The average Bonchev–Trinajstić information content (AvgIpc) is 2.85. The highest BCUT2D eigenvalue weighted by atomic mass is 19.1. The van der Waals surface area contributed by atoms with Crippen molar-refractivity contribution in [2.45, 2.75) is 6.04 Å². The topological polar surface area (TPSA) is 116 Å². The third kappa shape index (κ3) is 4.99. The minimum absolute atomic E-state index is 0.156. The lowest BCUT2D eigenvalue weighted by Crippen LogP contribution is -2.40. The van der Waals surface area contributed by atoms with Crippen molar-refractivity contribution in [3.05, 3.63) is 112 Å². The van der Waals surface area contributed by atoms with Gasteiger partial charge >= 0.3 is 0 Å². The largest absolute Gasteiger partial charge is 0.335 e. The number of benzene rings is 3. The summed E-state index contributed by atoms with van der Waals surface area (Å²) >= 11 is 0. The minimum atomic E-state index is -1.26. The van der Waals surface area contributed by atoms with E-state index in [1.807, 2.05) is 0 Å². The Hall–Kier alpha value is -4.66. The van der Waals surface area contributed by atoms with Gasteiger partial charge in [-0.2, -0.15) is 10.2 Å². The molecule has 33 heavy (non-hydrogen) atoms. The van der Waals surface area contributed by atoms with Gasteiger partial charge in [-0.1, -0.05) is 48.5 Å². The van der Waals surface area contributed by atoms with E-state index in [0.717, 1.165) is 0 Å². The molecule has 3 N–H and O–H groups in total. The van der Waals surface area contributed by atoms with E-state index in [1.54, 1.807) is 54.6 Å². The fourth-order valence-electron chi connectivity index (χ4n) is 3.20. The lowest BCUT2D eigenvalue weighted by molar-refractivity contribution is -0.123. The summed E-state index contributed by atoms with van der Waals surface area (Å²) in [7, 11) is 0. The van der Waals surface area contributed by atoms with Gasteiger partial charge in [-0.15, -0.1) is 0 Å². The second kappa shape index (κ2) is 9.65. The highest BCUT2D eigenvalue weighted by Gasteiger charge is 2.27. The summed E-state index contributed by atoms with van der Waals surface area (Å²) in [5, 5.41) is 13.7. The third-order valence-electron chi connectivity index (χ3n) is 4.83. The fourth-order valence-corrected chi connectivity index (χ4v) is 3.20. The van der Waals surface area contributed by atoms with E-state index >= 15 is 0 Å². The SMILES string of the molecule is O=C(N[C@@H](C(=O)NN=Cc1ccc(F)cc1)c1n[nH]c(=O)c2ccccc12)c1ccccc1. The molecule has 0 saturated heterocycles. The molecule has 1 aromatic heterocycles.